The molecule has 0 aromatic heterocycles. The number of carbonyl (C=O) groups is 4. The van der Waals surface area contributed by atoms with Gasteiger partial charge in [-0.1, -0.05) is 29.8 Å². The lowest BCUT2D eigenvalue weighted by molar-refractivity contribution is -0.143. The number of urea groups is 1. The SMILES string of the molecule is C[C@H](NC(=O)CN1C(=O)C(=O)N(C)C1=O)c1ccccc1Cl. The maximum atomic E-state index is 12.0. The summed E-state index contributed by atoms with van der Waals surface area (Å²) >= 11 is 6.04. The summed E-state index contributed by atoms with van der Waals surface area (Å²) in [6.45, 7) is 1.21. The predicted molar refractivity (Wildman–Crippen MR) is 77.9 cm³/mol. The van der Waals surface area contributed by atoms with Gasteiger partial charge in [-0.2, -0.15) is 0 Å². The van der Waals surface area contributed by atoms with Gasteiger partial charge in [0.15, 0.2) is 0 Å². The molecule has 1 aliphatic rings. The zero-order valence-corrected chi connectivity index (χ0v) is 12.8. The van der Waals surface area contributed by atoms with Gasteiger partial charge in [0.2, 0.25) is 5.91 Å². The van der Waals surface area contributed by atoms with Crippen LogP contribution in [0.2, 0.25) is 5.02 Å². The highest BCUT2D eigenvalue weighted by Gasteiger charge is 2.43. The second-order valence-corrected chi connectivity index (χ2v) is 5.26. The van der Waals surface area contributed by atoms with Crippen LogP contribution in [0.5, 0.6) is 0 Å². The van der Waals surface area contributed by atoms with Crippen molar-refractivity contribution in [3.05, 3.63) is 34.9 Å². The van der Waals surface area contributed by atoms with Gasteiger partial charge in [0.05, 0.1) is 6.04 Å². The van der Waals surface area contributed by atoms with Crippen molar-refractivity contribution in [3.63, 3.8) is 0 Å². The quantitative estimate of drug-likeness (QED) is 0.660. The van der Waals surface area contributed by atoms with Crippen molar-refractivity contribution in [3.8, 4) is 0 Å². The highest BCUT2D eigenvalue weighted by molar-refractivity contribution is 6.44. The lowest BCUT2D eigenvalue weighted by Gasteiger charge is -2.18. The van der Waals surface area contributed by atoms with E-state index in [0.717, 1.165) is 0 Å². The minimum absolute atomic E-state index is 0.401. The fourth-order valence-corrected chi connectivity index (χ4v) is 2.39. The van der Waals surface area contributed by atoms with Gasteiger partial charge < -0.3 is 5.32 Å². The Morgan fingerprint density at radius 3 is 2.41 bits per heavy atom. The molecule has 1 saturated heterocycles. The third kappa shape index (κ3) is 2.94. The van der Waals surface area contributed by atoms with E-state index in [-0.39, 0.29) is 0 Å². The molecule has 0 unspecified atom stereocenters. The van der Waals surface area contributed by atoms with E-state index >= 15 is 0 Å². The summed E-state index contributed by atoms with van der Waals surface area (Å²) in [7, 11) is 1.19. The van der Waals surface area contributed by atoms with Crippen LogP contribution >= 0.6 is 11.6 Å². The van der Waals surface area contributed by atoms with Crippen LogP contribution < -0.4 is 5.32 Å². The summed E-state index contributed by atoms with van der Waals surface area (Å²) in [6, 6.07) is 5.80. The lowest BCUT2D eigenvalue weighted by atomic mass is 10.1. The van der Waals surface area contributed by atoms with Gasteiger partial charge in [-0.3, -0.25) is 19.3 Å². The number of carbonyl (C=O) groups excluding carboxylic acids is 4. The first-order valence-electron chi connectivity index (χ1n) is 6.50. The van der Waals surface area contributed by atoms with Crippen LogP contribution in [0, 0.1) is 0 Å². The molecule has 0 saturated carbocycles. The highest BCUT2D eigenvalue weighted by Crippen LogP contribution is 2.22. The first-order chi connectivity index (χ1) is 10.3. The first kappa shape index (κ1) is 16.0. The molecular formula is C14H14ClN3O4. The Labute approximate surface area is 131 Å². The van der Waals surface area contributed by atoms with Crippen LogP contribution in [0.3, 0.4) is 0 Å². The molecule has 5 amide bonds. The second-order valence-electron chi connectivity index (χ2n) is 4.85. The number of likely N-dealkylation sites (N-methyl/N-ethyl adjacent to an activating group) is 1. The van der Waals surface area contributed by atoms with Crippen molar-refractivity contribution in [2.75, 3.05) is 13.6 Å². The molecule has 0 radical (unpaired) electrons. The predicted octanol–water partition coefficient (Wildman–Crippen LogP) is 0.938. The molecule has 7 nitrogen and oxygen atoms in total. The van der Waals surface area contributed by atoms with Gasteiger partial charge in [0.25, 0.3) is 0 Å². The van der Waals surface area contributed by atoms with E-state index < -0.39 is 36.3 Å². The average Bonchev–Trinajstić information content (AvgIpc) is 2.65. The van der Waals surface area contributed by atoms with Crippen molar-refractivity contribution in [1.82, 2.24) is 15.1 Å². The Morgan fingerprint density at radius 1 is 1.23 bits per heavy atom. The standard InChI is InChI=1S/C14H14ClN3O4/c1-8(9-5-3-4-6-10(9)15)16-11(19)7-18-13(21)12(20)17(2)14(18)22/h3-6,8H,7H2,1-2H3,(H,16,19)/t8-/m0/s1. The molecule has 1 fully saturated rings. The van der Waals surface area contributed by atoms with Crippen molar-refractivity contribution in [2.45, 2.75) is 13.0 Å². The maximum absolute atomic E-state index is 12.0. The van der Waals surface area contributed by atoms with Gasteiger partial charge in [-0.05, 0) is 18.6 Å². The summed E-state index contributed by atoms with van der Waals surface area (Å²) in [5.41, 5.74) is 0.713. The summed E-state index contributed by atoms with van der Waals surface area (Å²) in [5.74, 6) is -2.51. The summed E-state index contributed by atoms with van der Waals surface area (Å²) in [4.78, 5) is 47.9. The van der Waals surface area contributed by atoms with E-state index in [0.29, 0.717) is 20.4 Å². The first-order valence-corrected chi connectivity index (χ1v) is 6.88. The van der Waals surface area contributed by atoms with Crippen LogP contribution in [0.1, 0.15) is 18.5 Å². The largest absolute Gasteiger partial charge is 0.348 e. The normalized spacial score (nSPS) is 16.2. The average molecular weight is 324 g/mol. The van der Waals surface area contributed by atoms with Crippen LogP contribution in [0.15, 0.2) is 24.3 Å². The van der Waals surface area contributed by atoms with Gasteiger partial charge in [-0.25, -0.2) is 9.69 Å². The zero-order chi connectivity index (χ0) is 16.4. The van der Waals surface area contributed by atoms with Crippen LogP contribution in [-0.4, -0.2) is 47.1 Å². The molecule has 1 aromatic carbocycles. The molecule has 116 valence electrons. The number of rotatable bonds is 4. The third-order valence-electron chi connectivity index (χ3n) is 3.30. The minimum Gasteiger partial charge on any atom is -0.348 e. The van der Waals surface area contributed by atoms with E-state index in [9.17, 15) is 19.2 Å². The van der Waals surface area contributed by atoms with E-state index in [1.807, 2.05) is 0 Å². The molecule has 0 aliphatic carbocycles. The molecule has 1 aromatic rings. The monoisotopic (exact) mass is 323 g/mol. The van der Waals surface area contributed by atoms with E-state index in [4.69, 9.17) is 11.6 Å². The number of nitrogens with zero attached hydrogens (tertiary/aromatic N) is 2. The van der Waals surface area contributed by atoms with Gasteiger partial charge in [0.1, 0.15) is 6.54 Å². The van der Waals surface area contributed by atoms with Crippen LogP contribution in [-0.2, 0) is 14.4 Å². The summed E-state index contributed by atoms with van der Waals surface area (Å²) < 4.78 is 0. The summed E-state index contributed by atoms with van der Waals surface area (Å²) in [5, 5.41) is 3.13. The molecule has 0 bridgehead atoms. The Morgan fingerprint density at radius 2 is 1.86 bits per heavy atom. The van der Waals surface area contributed by atoms with Crippen molar-refractivity contribution >= 4 is 35.4 Å². The molecule has 8 heteroatoms. The second kappa shape index (κ2) is 6.15. The van der Waals surface area contributed by atoms with Crippen molar-refractivity contribution < 1.29 is 19.2 Å². The Hall–Kier alpha value is -2.41. The topological polar surface area (TPSA) is 86.8 Å². The number of hydrogen-bond acceptors (Lipinski definition) is 4. The van der Waals surface area contributed by atoms with Crippen molar-refractivity contribution in [2.24, 2.45) is 0 Å². The Bertz CT molecular complexity index is 661. The molecule has 1 aliphatic heterocycles. The lowest BCUT2D eigenvalue weighted by Crippen LogP contribution is -2.41. The van der Waals surface area contributed by atoms with Gasteiger partial charge >= 0.3 is 17.8 Å². The highest BCUT2D eigenvalue weighted by atomic mass is 35.5. The van der Waals surface area contributed by atoms with Crippen LogP contribution in [0.4, 0.5) is 4.79 Å². The Balaban J connectivity index is 2.02. The number of nitrogens with one attached hydrogen (secondary N) is 1. The van der Waals surface area contributed by atoms with E-state index in [1.54, 1.807) is 31.2 Å². The number of imide groups is 2. The summed E-state index contributed by atoms with van der Waals surface area (Å²) in [6.07, 6.45) is 0. The van der Waals surface area contributed by atoms with Gasteiger partial charge in [-0.15, -0.1) is 0 Å². The number of halogens is 1. The molecule has 22 heavy (non-hydrogen) atoms. The van der Waals surface area contributed by atoms with Crippen molar-refractivity contribution in [1.29, 1.82) is 0 Å². The fourth-order valence-electron chi connectivity index (χ4n) is 2.09. The fraction of sp³-hybridized carbons (Fsp3) is 0.286. The third-order valence-corrected chi connectivity index (χ3v) is 3.65. The van der Waals surface area contributed by atoms with Crippen LogP contribution in [0.25, 0.3) is 0 Å². The maximum Gasteiger partial charge on any atom is 0.334 e. The number of hydrogen-bond donors (Lipinski definition) is 1. The van der Waals surface area contributed by atoms with E-state index in [2.05, 4.69) is 5.32 Å². The van der Waals surface area contributed by atoms with E-state index in [1.165, 1.54) is 7.05 Å². The molecule has 1 N–H and O–H groups in total. The molecular weight excluding hydrogens is 310 g/mol. The van der Waals surface area contributed by atoms with Gasteiger partial charge in [0, 0.05) is 12.1 Å². The number of amides is 5. The zero-order valence-electron chi connectivity index (χ0n) is 12.0. The molecule has 1 atom stereocenters. The Kier molecular flexibility index (Phi) is 4.46. The number of benzene rings is 1. The minimum atomic E-state index is -1.01. The smallest absolute Gasteiger partial charge is 0.334 e. The molecule has 1 heterocycles. The molecule has 0 spiro atoms. The molecule has 2 rings (SSSR count).